The van der Waals surface area contributed by atoms with Gasteiger partial charge in [-0.05, 0) is 12.0 Å². The molecule has 0 saturated carbocycles. The van der Waals surface area contributed by atoms with Gasteiger partial charge in [-0.25, -0.2) is 4.68 Å². The number of nitrogens with zero attached hydrogens (tertiary/aromatic N) is 4. The van der Waals surface area contributed by atoms with Gasteiger partial charge in [-0.15, -0.1) is 0 Å². The SMILES string of the molecule is CC(C)CNc1cnn(Cc2ccn(C)n2)c(=O)c1. The third-order valence-corrected chi connectivity index (χ3v) is 2.66. The highest BCUT2D eigenvalue weighted by atomic mass is 16.1. The Morgan fingerprint density at radius 3 is 2.79 bits per heavy atom. The zero-order valence-corrected chi connectivity index (χ0v) is 11.5. The molecule has 0 atom stereocenters. The summed E-state index contributed by atoms with van der Waals surface area (Å²) >= 11 is 0. The lowest BCUT2D eigenvalue weighted by molar-refractivity contribution is 0.614. The number of aryl methyl sites for hydroxylation is 1. The predicted molar refractivity (Wildman–Crippen MR) is 74.1 cm³/mol. The standard InChI is InChI=1S/C13H19N5O/c1-10(2)7-14-12-6-13(19)18(15-8-12)9-11-4-5-17(3)16-11/h4-6,8,10,14H,7,9H2,1-3H3. The van der Waals surface area contributed by atoms with Crippen LogP contribution in [0, 0.1) is 5.92 Å². The van der Waals surface area contributed by atoms with Gasteiger partial charge in [0.1, 0.15) is 0 Å². The van der Waals surface area contributed by atoms with Crippen LogP contribution in [0.5, 0.6) is 0 Å². The fourth-order valence-corrected chi connectivity index (χ4v) is 1.67. The average Bonchev–Trinajstić information content (AvgIpc) is 2.75. The lowest BCUT2D eigenvalue weighted by atomic mass is 10.2. The van der Waals surface area contributed by atoms with Crippen molar-refractivity contribution in [1.29, 1.82) is 0 Å². The molecule has 0 fully saturated rings. The molecule has 2 heterocycles. The molecule has 0 aromatic carbocycles. The minimum absolute atomic E-state index is 0.126. The van der Waals surface area contributed by atoms with Gasteiger partial charge in [-0.3, -0.25) is 9.48 Å². The summed E-state index contributed by atoms with van der Waals surface area (Å²) in [6, 6.07) is 3.44. The number of rotatable bonds is 5. The summed E-state index contributed by atoms with van der Waals surface area (Å²) in [6.07, 6.45) is 3.52. The van der Waals surface area contributed by atoms with E-state index in [2.05, 4.69) is 29.4 Å². The van der Waals surface area contributed by atoms with E-state index in [1.807, 2.05) is 19.3 Å². The van der Waals surface area contributed by atoms with Gasteiger partial charge >= 0.3 is 0 Å². The first-order valence-electron chi connectivity index (χ1n) is 6.34. The highest BCUT2D eigenvalue weighted by molar-refractivity contribution is 5.38. The van der Waals surface area contributed by atoms with Gasteiger partial charge in [-0.2, -0.15) is 10.2 Å². The summed E-state index contributed by atoms with van der Waals surface area (Å²) in [6.45, 7) is 5.45. The molecule has 0 aliphatic carbocycles. The summed E-state index contributed by atoms with van der Waals surface area (Å²) < 4.78 is 3.11. The highest BCUT2D eigenvalue weighted by Gasteiger charge is 2.03. The van der Waals surface area contributed by atoms with Gasteiger partial charge in [0.2, 0.25) is 0 Å². The Kier molecular flexibility index (Phi) is 3.99. The van der Waals surface area contributed by atoms with Crippen LogP contribution in [0.3, 0.4) is 0 Å². The largest absolute Gasteiger partial charge is 0.383 e. The fraction of sp³-hybridized carbons (Fsp3) is 0.462. The maximum absolute atomic E-state index is 11.9. The molecule has 2 aromatic rings. The van der Waals surface area contributed by atoms with Gasteiger partial charge in [0, 0.05) is 25.9 Å². The molecule has 2 aromatic heterocycles. The van der Waals surface area contributed by atoms with Crippen molar-refractivity contribution in [2.45, 2.75) is 20.4 Å². The molecule has 0 aliphatic rings. The second-order valence-electron chi connectivity index (χ2n) is 5.00. The zero-order chi connectivity index (χ0) is 13.8. The normalized spacial score (nSPS) is 10.9. The molecule has 0 spiro atoms. The lowest BCUT2D eigenvalue weighted by Crippen LogP contribution is -2.23. The van der Waals surface area contributed by atoms with E-state index in [0.717, 1.165) is 17.9 Å². The number of hydrogen-bond donors (Lipinski definition) is 1. The second-order valence-corrected chi connectivity index (χ2v) is 5.00. The molecule has 0 saturated heterocycles. The van der Waals surface area contributed by atoms with Crippen molar-refractivity contribution in [3.05, 3.63) is 40.6 Å². The number of nitrogens with one attached hydrogen (secondary N) is 1. The Hall–Kier alpha value is -2.11. The van der Waals surface area contributed by atoms with Gasteiger partial charge in [0.05, 0.1) is 24.1 Å². The van der Waals surface area contributed by atoms with Crippen molar-refractivity contribution in [3.63, 3.8) is 0 Å². The molecule has 1 N–H and O–H groups in total. The third-order valence-electron chi connectivity index (χ3n) is 2.66. The van der Waals surface area contributed by atoms with Gasteiger partial charge in [0.25, 0.3) is 5.56 Å². The van der Waals surface area contributed by atoms with Gasteiger partial charge in [-0.1, -0.05) is 13.8 Å². The Morgan fingerprint density at radius 1 is 1.42 bits per heavy atom. The van der Waals surface area contributed by atoms with E-state index in [9.17, 15) is 4.79 Å². The summed E-state index contributed by atoms with van der Waals surface area (Å²) in [5.74, 6) is 0.524. The molecular formula is C13H19N5O. The van der Waals surface area contributed by atoms with Crippen LogP contribution in [-0.2, 0) is 13.6 Å². The average molecular weight is 261 g/mol. The smallest absolute Gasteiger partial charge is 0.269 e. The topological polar surface area (TPSA) is 64.7 Å². The van der Waals surface area contributed by atoms with Gasteiger partial charge < -0.3 is 5.32 Å². The first-order chi connectivity index (χ1) is 9.04. The maximum atomic E-state index is 11.9. The molecule has 6 heteroatoms. The molecule has 19 heavy (non-hydrogen) atoms. The first-order valence-corrected chi connectivity index (χ1v) is 6.34. The molecule has 2 rings (SSSR count). The van der Waals surface area contributed by atoms with Crippen LogP contribution in [-0.4, -0.2) is 26.1 Å². The minimum atomic E-state index is -0.126. The summed E-state index contributed by atoms with van der Waals surface area (Å²) in [5.41, 5.74) is 1.45. The second kappa shape index (κ2) is 5.69. The summed E-state index contributed by atoms with van der Waals surface area (Å²) in [5, 5.41) is 11.6. The Morgan fingerprint density at radius 2 is 2.21 bits per heavy atom. The third kappa shape index (κ3) is 3.67. The zero-order valence-electron chi connectivity index (χ0n) is 11.5. The van der Waals surface area contributed by atoms with E-state index in [1.54, 1.807) is 16.9 Å². The van der Waals surface area contributed by atoms with E-state index in [-0.39, 0.29) is 5.56 Å². The van der Waals surface area contributed by atoms with Crippen molar-refractivity contribution in [1.82, 2.24) is 19.6 Å². The van der Waals surface area contributed by atoms with Crippen LogP contribution in [0.15, 0.2) is 29.3 Å². The summed E-state index contributed by atoms with van der Waals surface area (Å²) in [7, 11) is 1.85. The molecule has 0 amide bonds. The number of aromatic nitrogens is 4. The van der Waals surface area contributed by atoms with E-state index in [4.69, 9.17) is 0 Å². The van der Waals surface area contributed by atoms with Crippen LogP contribution >= 0.6 is 0 Å². The predicted octanol–water partition coefficient (Wildman–Crippen LogP) is 1.09. The molecule has 6 nitrogen and oxygen atoms in total. The van der Waals surface area contributed by atoms with Crippen molar-refractivity contribution in [2.75, 3.05) is 11.9 Å². The van der Waals surface area contributed by atoms with Crippen LogP contribution in [0.2, 0.25) is 0 Å². The number of hydrogen-bond acceptors (Lipinski definition) is 4. The lowest BCUT2D eigenvalue weighted by Gasteiger charge is -2.09. The van der Waals surface area contributed by atoms with E-state index in [0.29, 0.717) is 12.5 Å². The number of anilines is 1. The van der Waals surface area contributed by atoms with Crippen molar-refractivity contribution < 1.29 is 0 Å². The summed E-state index contributed by atoms with van der Waals surface area (Å²) in [4.78, 5) is 11.9. The Bertz CT molecular complexity index is 599. The van der Waals surface area contributed by atoms with E-state index < -0.39 is 0 Å². The van der Waals surface area contributed by atoms with Crippen LogP contribution in [0.4, 0.5) is 5.69 Å². The van der Waals surface area contributed by atoms with Gasteiger partial charge in [0.15, 0.2) is 0 Å². The van der Waals surface area contributed by atoms with Crippen LogP contribution < -0.4 is 10.9 Å². The molecule has 0 bridgehead atoms. The highest BCUT2D eigenvalue weighted by Crippen LogP contribution is 2.03. The van der Waals surface area contributed by atoms with Crippen molar-refractivity contribution >= 4 is 5.69 Å². The maximum Gasteiger partial charge on any atom is 0.269 e. The first kappa shape index (κ1) is 13.3. The molecule has 102 valence electrons. The molecule has 0 radical (unpaired) electrons. The van der Waals surface area contributed by atoms with Crippen LogP contribution in [0.25, 0.3) is 0 Å². The van der Waals surface area contributed by atoms with E-state index >= 15 is 0 Å². The quantitative estimate of drug-likeness (QED) is 0.875. The van der Waals surface area contributed by atoms with Crippen LogP contribution in [0.1, 0.15) is 19.5 Å². The minimum Gasteiger partial charge on any atom is -0.383 e. The fourth-order valence-electron chi connectivity index (χ4n) is 1.67. The van der Waals surface area contributed by atoms with Crippen molar-refractivity contribution in [3.8, 4) is 0 Å². The Balaban J connectivity index is 2.09. The monoisotopic (exact) mass is 261 g/mol. The van der Waals surface area contributed by atoms with Crippen molar-refractivity contribution in [2.24, 2.45) is 13.0 Å². The van der Waals surface area contributed by atoms with E-state index in [1.165, 1.54) is 4.68 Å². The molecule has 0 aliphatic heterocycles. The molecular weight excluding hydrogens is 242 g/mol. The molecule has 0 unspecified atom stereocenters. The Labute approximate surface area is 112 Å².